The maximum absolute atomic E-state index is 13.0. The lowest BCUT2D eigenvalue weighted by atomic mass is 9.97. The zero-order chi connectivity index (χ0) is 15.4. The Bertz CT molecular complexity index is 520. The molecule has 1 fully saturated rings. The van der Waals surface area contributed by atoms with Gasteiger partial charge >= 0.3 is 0 Å². The first kappa shape index (κ1) is 15.4. The summed E-state index contributed by atoms with van der Waals surface area (Å²) in [6, 6.07) is 4.94. The third-order valence-electron chi connectivity index (χ3n) is 3.36. The van der Waals surface area contributed by atoms with Gasteiger partial charge in [-0.05, 0) is 17.7 Å². The number of rotatable bonds is 4. The fraction of sp³-hybridized carbons (Fsp3) is 0.429. The highest BCUT2D eigenvalue weighted by Crippen LogP contribution is 2.29. The van der Waals surface area contributed by atoms with Crippen LogP contribution in [0.3, 0.4) is 0 Å². The van der Waals surface area contributed by atoms with E-state index in [0.717, 1.165) is 0 Å². The summed E-state index contributed by atoms with van der Waals surface area (Å²) in [5.41, 5.74) is 0.607. The van der Waals surface area contributed by atoms with Crippen molar-refractivity contribution < 1.29 is 23.8 Å². The molecule has 1 aromatic rings. The molecule has 1 aliphatic heterocycles. The van der Waals surface area contributed by atoms with Crippen molar-refractivity contribution in [3.8, 4) is 0 Å². The minimum absolute atomic E-state index is 0.104. The van der Waals surface area contributed by atoms with Crippen molar-refractivity contribution in [1.82, 2.24) is 10.2 Å². The van der Waals surface area contributed by atoms with Crippen LogP contribution in [0.15, 0.2) is 24.3 Å². The Morgan fingerprint density at radius 2 is 2.14 bits per heavy atom. The minimum atomic E-state index is -0.898. The van der Waals surface area contributed by atoms with Gasteiger partial charge in [0.25, 0.3) is 5.91 Å². The standard InChI is InChI=1S/C14H17FN2O4/c1-17-11(19)8-21-13(14(20)16-6-7-18)12(17)9-2-4-10(15)5-3-9/h2-5,12-13,18H,6-8H2,1H3,(H,16,20)/t12-,13-/m0/s1. The number of likely N-dealkylation sites (N-methyl/N-ethyl adjacent to an activating group) is 1. The van der Waals surface area contributed by atoms with E-state index in [1.165, 1.54) is 29.2 Å². The van der Waals surface area contributed by atoms with Gasteiger partial charge in [0.15, 0.2) is 6.10 Å². The predicted molar refractivity (Wildman–Crippen MR) is 71.7 cm³/mol. The number of nitrogens with one attached hydrogen (secondary N) is 1. The zero-order valence-electron chi connectivity index (χ0n) is 11.6. The molecule has 0 aliphatic carbocycles. The highest BCUT2D eigenvalue weighted by molar-refractivity contribution is 5.86. The highest BCUT2D eigenvalue weighted by Gasteiger charge is 2.39. The van der Waals surface area contributed by atoms with E-state index in [9.17, 15) is 14.0 Å². The van der Waals surface area contributed by atoms with Crippen molar-refractivity contribution >= 4 is 11.8 Å². The van der Waals surface area contributed by atoms with Crippen LogP contribution in [0.4, 0.5) is 4.39 Å². The third kappa shape index (κ3) is 3.37. The van der Waals surface area contributed by atoms with Gasteiger partial charge in [-0.2, -0.15) is 0 Å². The highest BCUT2D eigenvalue weighted by atomic mass is 19.1. The van der Waals surface area contributed by atoms with Crippen molar-refractivity contribution in [3.63, 3.8) is 0 Å². The molecule has 1 saturated heterocycles. The first-order valence-electron chi connectivity index (χ1n) is 6.56. The average molecular weight is 296 g/mol. The van der Waals surface area contributed by atoms with Gasteiger partial charge in [0, 0.05) is 13.6 Å². The number of aliphatic hydroxyl groups is 1. The van der Waals surface area contributed by atoms with E-state index in [4.69, 9.17) is 9.84 Å². The number of ether oxygens (including phenoxy) is 1. The molecule has 1 aromatic carbocycles. The van der Waals surface area contributed by atoms with Crippen LogP contribution in [-0.2, 0) is 14.3 Å². The smallest absolute Gasteiger partial charge is 0.251 e. The van der Waals surface area contributed by atoms with Gasteiger partial charge in [-0.3, -0.25) is 9.59 Å². The molecule has 6 nitrogen and oxygen atoms in total. The average Bonchev–Trinajstić information content (AvgIpc) is 2.48. The fourth-order valence-electron chi connectivity index (χ4n) is 2.27. The second-order valence-corrected chi connectivity index (χ2v) is 4.75. The van der Waals surface area contributed by atoms with Crippen LogP contribution >= 0.6 is 0 Å². The van der Waals surface area contributed by atoms with E-state index >= 15 is 0 Å². The molecule has 0 bridgehead atoms. The lowest BCUT2D eigenvalue weighted by Crippen LogP contribution is -2.53. The Balaban J connectivity index is 2.26. The molecule has 0 unspecified atom stereocenters. The van der Waals surface area contributed by atoms with Crippen molar-refractivity contribution in [2.24, 2.45) is 0 Å². The molecule has 0 spiro atoms. The Labute approximate surface area is 121 Å². The molecule has 7 heteroatoms. The normalized spacial score (nSPS) is 22.2. The van der Waals surface area contributed by atoms with E-state index in [2.05, 4.69) is 5.32 Å². The van der Waals surface area contributed by atoms with E-state index in [1.807, 2.05) is 0 Å². The van der Waals surface area contributed by atoms with Crippen LogP contribution in [0, 0.1) is 5.82 Å². The molecule has 114 valence electrons. The molecular formula is C14H17FN2O4. The van der Waals surface area contributed by atoms with Crippen LogP contribution in [0.5, 0.6) is 0 Å². The SMILES string of the molecule is CN1C(=O)CO[C@H](C(=O)NCCO)[C@@H]1c1ccc(F)cc1. The van der Waals surface area contributed by atoms with E-state index in [-0.39, 0.29) is 25.7 Å². The number of aliphatic hydroxyl groups excluding tert-OH is 1. The predicted octanol–water partition coefficient (Wildman–Crippen LogP) is -0.167. The first-order chi connectivity index (χ1) is 10.0. The second kappa shape index (κ2) is 6.64. The number of carbonyl (C=O) groups is 2. The molecule has 0 saturated carbocycles. The van der Waals surface area contributed by atoms with Gasteiger partial charge in [0.2, 0.25) is 5.91 Å². The Morgan fingerprint density at radius 3 is 2.76 bits per heavy atom. The minimum Gasteiger partial charge on any atom is -0.395 e. The number of hydrogen-bond donors (Lipinski definition) is 2. The van der Waals surface area contributed by atoms with Gasteiger partial charge in [-0.25, -0.2) is 4.39 Å². The summed E-state index contributed by atoms with van der Waals surface area (Å²) < 4.78 is 18.4. The first-order valence-corrected chi connectivity index (χ1v) is 6.56. The number of carbonyl (C=O) groups excluding carboxylic acids is 2. The molecule has 21 heavy (non-hydrogen) atoms. The maximum Gasteiger partial charge on any atom is 0.251 e. The molecule has 2 amide bonds. The van der Waals surface area contributed by atoms with Crippen molar-refractivity contribution in [2.75, 3.05) is 26.8 Å². The summed E-state index contributed by atoms with van der Waals surface area (Å²) in [4.78, 5) is 25.3. The lowest BCUT2D eigenvalue weighted by molar-refractivity contribution is -0.162. The second-order valence-electron chi connectivity index (χ2n) is 4.75. The summed E-state index contributed by atoms with van der Waals surface area (Å²) in [7, 11) is 1.57. The van der Waals surface area contributed by atoms with Gasteiger partial charge in [0.05, 0.1) is 12.6 Å². The molecule has 2 atom stereocenters. The molecule has 2 N–H and O–H groups in total. The molecular weight excluding hydrogens is 279 g/mol. The Hall–Kier alpha value is -1.99. The molecule has 0 aromatic heterocycles. The number of amides is 2. The molecule has 0 radical (unpaired) electrons. The van der Waals surface area contributed by atoms with Crippen LogP contribution in [0.1, 0.15) is 11.6 Å². The van der Waals surface area contributed by atoms with Crippen LogP contribution < -0.4 is 5.32 Å². The van der Waals surface area contributed by atoms with E-state index in [1.54, 1.807) is 7.05 Å². The summed E-state index contributed by atoms with van der Waals surface area (Å²) >= 11 is 0. The number of hydrogen-bond acceptors (Lipinski definition) is 4. The van der Waals surface area contributed by atoms with E-state index < -0.39 is 23.9 Å². The molecule has 1 aliphatic rings. The summed E-state index contributed by atoms with van der Waals surface area (Å²) in [6.45, 7) is -0.271. The number of halogens is 1. The van der Waals surface area contributed by atoms with Crippen molar-refractivity contribution in [1.29, 1.82) is 0 Å². The van der Waals surface area contributed by atoms with Gasteiger partial charge in [0.1, 0.15) is 12.4 Å². The lowest BCUT2D eigenvalue weighted by Gasteiger charge is -2.38. The fourth-order valence-corrected chi connectivity index (χ4v) is 2.27. The number of morpholine rings is 1. The van der Waals surface area contributed by atoms with E-state index in [0.29, 0.717) is 5.56 Å². The van der Waals surface area contributed by atoms with Gasteiger partial charge in [-0.1, -0.05) is 12.1 Å². The third-order valence-corrected chi connectivity index (χ3v) is 3.36. The monoisotopic (exact) mass is 296 g/mol. The summed E-state index contributed by atoms with van der Waals surface area (Å²) in [5.74, 6) is -1.07. The summed E-state index contributed by atoms with van der Waals surface area (Å²) in [6.07, 6.45) is -0.898. The molecule has 2 rings (SSSR count). The van der Waals surface area contributed by atoms with Crippen LogP contribution in [-0.4, -0.2) is 54.7 Å². The van der Waals surface area contributed by atoms with Crippen molar-refractivity contribution in [3.05, 3.63) is 35.6 Å². The summed E-state index contributed by atoms with van der Waals surface area (Å²) in [5, 5.41) is 11.3. The van der Waals surface area contributed by atoms with Gasteiger partial charge in [-0.15, -0.1) is 0 Å². The molecule has 1 heterocycles. The van der Waals surface area contributed by atoms with Crippen LogP contribution in [0.2, 0.25) is 0 Å². The Morgan fingerprint density at radius 1 is 1.48 bits per heavy atom. The Kier molecular flexibility index (Phi) is 4.87. The maximum atomic E-state index is 13.0. The van der Waals surface area contributed by atoms with Crippen LogP contribution in [0.25, 0.3) is 0 Å². The number of benzene rings is 1. The zero-order valence-corrected chi connectivity index (χ0v) is 11.6. The van der Waals surface area contributed by atoms with Gasteiger partial charge < -0.3 is 20.1 Å². The largest absolute Gasteiger partial charge is 0.395 e. The van der Waals surface area contributed by atoms with Crippen molar-refractivity contribution in [2.45, 2.75) is 12.1 Å². The quantitative estimate of drug-likeness (QED) is 0.809. The topological polar surface area (TPSA) is 78.9 Å². The number of nitrogens with zero attached hydrogens (tertiary/aromatic N) is 1.